The van der Waals surface area contributed by atoms with E-state index in [0.717, 1.165) is 0 Å². The van der Waals surface area contributed by atoms with Crippen LogP contribution in [0.5, 0.6) is 5.75 Å². The molecule has 8 heteroatoms. The molecule has 1 saturated heterocycles. The van der Waals surface area contributed by atoms with Crippen LogP contribution in [0.1, 0.15) is 30.6 Å². The van der Waals surface area contributed by atoms with Crippen molar-refractivity contribution >= 4 is 34.9 Å². The minimum absolute atomic E-state index is 0.00736. The minimum atomic E-state index is -0.662. The summed E-state index contributed by atoms with van der Waals surface area (Å²) in [4.78, 5) is 49.7. The van der Waals surface area contributed by atoms with E-state index in [4.69, 9.17) is 9.47 Å². The summed E-state index contributed by atoms with van der Waals surface area (Å²) in [6.07, 6.45) is 0.00736. The Balaban J connectivity index is 1.53. The number of benzene rings is 2. The van der Waals surface area contributed by atoms with E-state index in [-0.39, 0.29) is 24.7 Å². The molecule has 0 saturated carbocycles. The lowest BCUT2D eigenvalue weighted by molar-refractivity contribution is -0.151. The quantitative estimate of drug-likeness (QED) is 0.516. The summed E-state index contributed by atoms with van der Waals surface area (Å²) in [6, 6.07) is 13.5. The van der Waals surface area contributed by atoms with Crippen LogP contribution in [0.4, 0.5) is 11.4 Å². The standard InChI is InChI=1S/C23H24N2O6/c1-3-30-20-7-5-4-6-19(20)25-13-17(12-22(25)28)23(29)31-14-21(27)24-18-10-8-16(9-11-18)15(2)26/h4-11,17H,3,12-14H2,1-2H3,(H,24,27)/t17-/m1/s1. The number of esters is 1. The van der Waals surface area contributed by atoms with Crippen molar-refractivity contribution in [3.8, 4) is 5.75 Å². The smallest absolute Gasteiger partial charge is 0.311 e. The topological polar surface area (TPSA) is 102 Å². The zero-order valence-corrected chi connectivity index (χ0v) is 17.4. The molecule has 0 spiro atoms. The molecule has 1 heterocycles. The second-order valence-corrected chi connectivity index (χ2v) is 7.10. The van der Waals surface area contributed by atoms with Crippen molar-refractivity contribution < 1.29 is 28.7 Å². The number of hydrogen-bond donors (Lipinski definition) is 1. The third-order valence-electron chi connectivity index (χ3n) is 4.83. The van der Waals surface area contributed by atoms with E-state index in [1.807, 2.05) is 13.0 Å². The van der Waals surface area contributed by atoms with Crippen LogP contribution in [0.3, 0.4) is 0 Å². The number of Topliss-reactive ketones (excluding diaryl/α,β-unsaturated/α-hetero) is 1. The average Bonchev–Trinajstić information content (AvgIpc) is 3.14. The SMILES string of the molecule is CCOc1ccccc1N1C[C@H](C(=O)OCC(=O)Nc2ccc(C(C)=O)cc2)CC1=O. The number of nitrogens with zero attached hydrogens (tertiary/aromatic N) is 1. The molecule has 31 heavy (non-hydrogen) atoms. The Hall–Kier alpha value is -3.68. The van der Waals surface area contributed by atoms with E-state index >= 15 is 0 Å². The average molecular weight is 424 g/mol. The lowest BCUT2D eigenvalue weighted by atomic mass is 10.1. The first kappa shape index (κ1) is 22.0. The van der Waals surface area contributed by atoms with Gasteiger partial charge in [-0.2, -0.15) is 0 Å². The van der Waals surface area contributed by atoms with Crippen LogP contribution in [0.25, 0.3) is 0 Å². The van der Waals surface area contributed by atoms with Crippen molar-refractivity contribution in [3.63, 3.8) is 0 Å². The number of nitrogens with one attached hydrogen (secondary N) is 1. The van der Waals surface area contributed by atoms with Crippen molar-refractivity contribution in [1.82, 2.24) is 0 Å². The molecule has 1 aliphatic heterocycles. The first-order valence-corrected chi connectivity index (χ1v) is 9.98. The molecule has 1 N–H and O–H groups in total. The van der Waals surface area contributed by atoms with Crippen LogP contribution in [0.2, 0.25) is 0 Å². The van der Waals surface area contributed by atoms with Crippen LogP contribution in [-0.4, -0.2) is 43.3 Å². The molecule has 0 bridgehead atoms. The van der Waals surface area contributed by atoms with Crippen LogP contribution in [-0.2, 0) is 19.1 Å². The van der Waals surface area contributed by atoms with Crippen LogP contribution in [0, 0.1) is 5.92 Å². The first-order chi connectivity index (χ1) is 14.9. The summed E-state index contributed by atoms with van der Waals surface area (Å²) >= 11 is 0. The van der Waals surface area contributed by atoms with Crippen molar-refractivity contribution in [3.05, 3.63) is 54.1 Å². The molecule has 0 unspecified atom stereocenters. The van der Waals surface area contributed by atoms with E-state index in [1.54, 1.807) is 42.5 Å². The van der Waals surface area contributed by atoms with Crippen molar-refractivity contribution in [1.29, 1.82) is 0 Å². The molecule has 0 aliphatic carbocycles. The molecule has 162 valence electrons. The predicted molar refractivity (Wildman–Crippen MR) is 114 cm³/mol. The molecule has 1 atom stereocenters. The molecular weight excluding hydrogens is 400 g/mol. The maximum atomic E-state index is 12.5. The van der Waals surface area contributed by atoms with Gasteiger partial charge in [0.05, 0.1) is 18.2 Å². The van der Waals surface area contributed by atoms with Gasteiger partial charge in [-0.3, -0.25) is 19.2 Å². The summed E-state index contributed by atoms with van der Waals surface area (Å²) < 4.78 is 10.7. The monoisotopic (exact) mass is 424 g/mol. The molecule has 0 aromatic heterocycles. The molecule has 0 radical (unpaired) electrons. The number of ether oxygens (including phenoxy) is 2. The Morgan fingerprint density at radius 1 is 1.10 bits per heavy atom. The molecule has 8 nitrogen and oxygen atoms in total. The Bertz CT molecular complexity index is 986. The van der Waals surface area contributed by atoms with Crippen LogP contribution in [0.15, 0.2) is 48.5 Å². The third-order valence-corrected chi connectivity index (χ3v) is 4.83. The largest absolute Gasteiger partial charge is 0.492 e. The lowest BCUT2D eigenvalue weighted by Gasteiger charge is -2.19. The van der Waals surface area contributed by atoms with Gasteiger partial charge < -0.3 is 19.7 Å². The molecule has 1 fully saturated rings. The summed E-state index contributed by atoms with van der Waals surface area (Å²) in [7, 11) is 0. The van der Waals surface area contributed by atoms with E-state index in [1.165, 1.54) is 11.8 Å². The Morgan fingerprint density at radius 2 is 1.81 bits per heavy atom. The number of ketones is 1. The van der Waals surface area contributed by atoms with Gasteiger partial charge in [-0.15, -0.1) is 0 Å². The molecule has 3 rings (SSSR count). The van der Waals surface area contributed by atoms with Crippen molar-refractivity contribution in [2.45, 2.75) is 20.3 Å². The second-order valence-electron chi connectivity index (χ2n) is 7.10. The first-order valence-electron chi connectivity index (χ1n) is 9.98. The maximum Gasteiger partial charge on any atom is 0.311 e. The van der Waals surface area contributed by atoms with E-state index in [0.29, 0.717) is 29.3 Å². The Kier molecular flexibility index (Phi) is 7.02. The van der Waals surface area contributed by atoms with Gasteiger partial charge in [0, 0.05) is 24.2 Å². The molecule has 2 amide bonds. The molecule has 2 aromatic rings. The summed E-state index contributed by atoms with van der Waals surface area (Å²) in [6.45, 7) is 3.46. The van der Waals surface area contributed by atoms with Crippen molar-refractivity contribution in [2.75, 3.05) is 30.0 Å². The molecular formula is C23H24N2O6. The highest BCUT2D eigenvalue weighted by Crippen LogP contribution is 2.33. The van der Waals surface area contributed by atoms with E-state index < -0.39 is 24.4 Å². The summed E-state index contributed by atoms with van der Waals surface area (Å²) in [5, 5.41) is 2.60. The fraction of sp³-hybridized carbons (Fsp3) is 0.304. The van der Waals surface area contributed by atoms with Gasteiger partial charge in [0.25, 0.3) is 5.91 Å². The number of anilines is 2. The van der Waals surface area contributed by atoms with Crippen LogP contribution < -0.4 is 15.0 Å². The third kappa shape index (κ3) is 5.48. The van der Waals surface area contributed by atoms with Gasteiger partial charge in [0.1, 0.15) is 5.75 Å². The zero-order valence-electron chi connectivity index (χ0n) is 17.4. The molecule has 2 aromatic carbocycles. The molecule has 1 aliphatic rings. The number of carbonyl (C=O) groups excluding carboxylic acids is 4. The predicted octanol–water partition coefficient (Wildman–Crippen LogP) is 2.82. The van der Waals surface area contributed by atoms with Gasteiger partial charge in [-0.25, -0.2) is 0 Å². The Morgan fingerprint density at radius 3 is 2.48 bits per heavy atom. The highest BCUT2D eigenvalue weighted by Gasteiger charge is 2.37. The number of rotatable bonds is 8. The van der Waals surface area contributed by atoms with Gasteiger partial charge in [-0.1, -0.05) is 12.1 Å². The second kappa shape index (κ2) is 9.88. The number of hydrogen-bond acceptors (Lipinski definition) is 6. The maximum absolute atomic E-state index is 12.5. The fourth-order valence-electron chi connectivity index (χ4n) is 3.30. The highest BCUT2D eigenvalue weighted by molar-refractivity contribution is 6.01. The number of para-hydroxylation sites is 2. The van der Waals surface area contributed by atoms with E-state index in [2.05, 4.69) is 5.32 Å². The van der Waals surface area contributed by atoms with Crippen molar-refractivity contribution in [2.24, 2.45) is 5.92 Å². The minimum Gasteiger partial charge on any atom is -0.492 e. The van der Waals surface area contributed by atoms with Gasteiger partial charge in [0.15, 0.2) is 12.4 Å². The highest BCUT2D eigenvalue weighted by atomic mass is 16.5. The van der Waals surface area contributed by atoms with Crippen LogP contribution >= 0.6 is 0 Å². The Labute approximate surface area is 180 Å². The van der Waals surface area contributed by atoms with E-state index in [9.17, 15) is 19.2 Å². The fourth-order valence-corrected chi connectivity index (χ4v) is 3.30. The van der Waals surface area contributed by atoms with Gasteiger partial charge >= 0.3 is 5.97 Å². The van der Waals surface area contributed by atoms with Gasteiger partial charge in [-0.05, 0) is 50.2 Å². The van der Waals surface area contributed by atoms with Gasteiger partial charge in [0.2, 0.25) is 5.91 Å². The summed E-state index contributed by atoms with van der Waals surface area (Å²) in [5.41, 5.74) is 1.63. The number of carbonyl (C=O) groups is 4. The normalized spacial score (nSPS) is 15.5. The zero-order chi connectivity index (χ0) is 22.4. The lowest BCUT2D eigenvalue weighted by Crippen LogP contribution is -2.28. The number of amides is 2. The summed E-state index contributed by atoms with van der Waals surface area (Å²) in [5.74, 6) is -1.48.